The molecule has 4 aromatic rings. The van der Waals surface area contributed by atoms with Crippen LogP contribution in [0.3, 0.4) is 0 Å². The summed E-state index contributed by atoms with van der Waals surface area (Å²) >= 11 is 1.53. The Kier molecular flexibility index (Phi) is 6.10. The van der Waals surface area contributed by atoms with Crippen molar-refractivity contribution in [1.29, 1.82) is 0 Å². The van der Waals surface area contributed by atoms with E-state index in [2.05, 4.69) is 32.2 Å². The van der Waals surface area contributed by atoms with E-state index in [1.54, 1.807) is 0 Å². The molecule has 0 saturated carbocycles. The van der Waals surface area contributed by atoms with E-state index < -0.39 is 0 Å². The lowest BCUT2D eigenvalue weighted by Crippen LogP contribution is -2.38. The molecule has 0 aliphatic carbocycles. The first kappa shape index (κ1) is 23.2. The van der Waals surface area contributed by atoms with Crippen molar-refractivity contribution in [3.63, 3.8) is 0 Å². The molecule has 0 aromatic carbocycles. The highest BCUT2D eigenvalue weighted by Crippen LogP contribution is 2.34. The van der Waals surface area contributed by atoms with Crippen LogP contribution >= 0.6 is 11.3 Å². The van der Waals surface area contributed by atoms with Gasteiger partial charge in [0.25, 0.3) is 0 Å². The fraction of sp³-hybridized carbons (Fsp3) is 0.417. The van der Waals surface area contributed by atoms with Crippen LogP contribution in [0.2, 0.25) is 0 Å². The minimum Gasteiger partial charge on any atom is -0.481 e. The van der Waals surface area contributed by atoms with Gasteiger partial charge in [-0.1, -0.05) is 23.1 Å². The molecule has 11 heteroatoms. The summed E-state index contributed by atoms with van der Waals surface area (Å²) in [5.41, 5.74) is 4.56. The first-order valence-corrected chi connectivity index (χ1v) is 12.5. The molecule has 4 aromatic heterocycles. The van der Waals surface area contributed by atoms with E-state index in [0.29, 0.717) is 18.8 Å². The van der Waals surface area contributed by atoms with Gasteiger partial charge in [0.2, 0.25) is 5.91 Å². The fourth-order valence-electron chi connectivity index (χ4n) is 4.58. The average molecular weight is 493 g/mol. The van der Waals surface area contributed by atoms with E-state index in [1.807, 2.05) is 60.3 Å². The number of aryl methyl sites for hydroxylation is 2. The summed E-state index contributed by atoms with van der Waals surface area (Å²) in [7, 11) is 0. The van der Waals surface area contributed by atoms with Gasteiger partial charge in [-0.05, 0) is 58.2 Å². The van der Waals surface area contributed by atoms with Gasteiger partial charge in [-0.2, -0.15) is 5.10 Å². The zero-order valence-electron chi connectivity index (χ0n) is 20.3. The lowest BCUT2D eigenvalue weighted by Gasteiger charge is -2.31. The zero-order valence-corrected chi connectivity index (χ0v) is 21.1. The van der Waals surface area contributed by atoms with Gasteiger partial charge in [-0.3, -0.25) is 4.79 Å². The first-order chi connectivity index (χ1) is 16.9. The Labute approximate surface area is 207 Å². The van der Waals surface area contributed by atoms with Gasteiger partial charge >= 0.3 is 0 Å². The van der Waals surface area contributed by atoms with Gasteiger partial charge in [0, 0.05) is 24.8 Å². The Balaban J connectivity index is 1.45. The number of hydrogen-bond acceptors (Lipinski definition) is 8. The maximum Gasteiger partial charge on any atom is 0.245 e. The van der Waals surface area contributed by atoms with Crippen LogP contribution < -0.4 is 4.74 Å². The highest BCUT2D eigenvalue weighted by Gasteiger charge is 2.26. The quantitative estimate of drug-likeness (QED) is 0.377. The summed E-state index contributed by atoms with van der Waals surface area (Å²) in [6.07, 6.45) is 6.56. The second-order valence-electron chi connectivity index (χ2n) is 8.86. The Hall–Kier alpha value is -3.60. The Bertz CT molecular complexity index is 1400. The van der Waals surface area contributed by atoms with E-state index in [1.165, 1.54) is 17.4 Å². The van der Waals surface area contributed by atoms with Crippen molar-refractivity contribution in [2.45, 2.75) is 52.7 Å². The summed E-state index contributed by atoms with van der Waals surface area (Å²) in [5.74, 6) is 0.691. The SMILES string of the molecule is C=CC(=O)N1CCC(n2nnc(-c3cc(OC(C)c4nnc(C)s4)c4c(C)cnn4c3)c2C)CC1. The summed E-state index contributed by atoms with van der Waals surface area (Å²) in [4.78, 5) is 13.7. The molecule has 0 radical (unpaired) electrons. The molecule has 0 bridgehead atoms. The van der Waals surface area contributed by atoms with Crippen LogP contribution in [0.1, 0.15) is 53.2 Å². The van der Waals surface area contributed by atoms with E-state index in [9.17, 15) is 4.79 Å². The third kappa shape index (κ3) is 4.31. The number of carbonyl (C=O) groups excluding carboxylic acids is 1. The number of hydrogen-bond donors (Lipinski definition) is 0. The van der Waals surface area contributed by atoms with Crippen LogP contribution in [0.5, 0.6) is 5.75 Å². The number of fused-ring (bicyclic) bond motifs is 1. The van der Waals surface area contributed by atoms with Gasteiger partial charge < -0.3 is 9.64 Å². The molecule has 1 saturated heterocycles. The summed E-state index contributed by atoms with van der Waals surface area (Å²) in [6.45, 7) is 12.9. The number of amides is 1. The molecule has 35 heavy (non-hydrogen) atoms. The topological polar surface area (TPSA) is 103 Å². The van der Waals surface area contributed by atoms with Gasteiger partial charge in [-0.15, -0.1) is 15.3 Å². The largest absolute Gasteiger partial charge is 0.481 e. The van der Waals surface area contributed by atoms with Gasteiger partial charge in [0.15, 0.2) is 5.01 Å². The van der Waals surface area contributed by atoms with Crippen LogP contribution in [0.15, 0.2) is 31.1 Å². The van der Waals surface area contributed by atoms with Crippen LogP contribution in [-0.2, 0) is 4.79 Å². The van der Waals surface area contributed by atoms with Crippen molar-refractivity contribution < 1.29 is 9.53 Å². The maximum absolute atomic E-state index is 11.9. The van der Waals surface area contributed by atoms with Gasteiger partial charge in [0.05, 0.1) is 17.9 Å². The van der Waals surface area contributed by atoms with E-state index >= 15 is 0 Å². The minimum atomic E-state index is -0.255. The monoisotopic (exact) mass is 492 g/mol. The predicted octanol–water partition coefficient (Wildman–Crippen LogP) is 3.86. The number of ether oxygens (including phenoxy) is 1. The smallest absolute Gasteiger partial charge is 0.245 e. The van der Waals surface area contributed by atoms with Crippen molar-refractivity contribution in [2.24, 2.45) is 0 Å². The van der Waals surface area contributed by atoms with Crippen molar-refractivity contribution in [1.82, 2.24) is 39.7 Å². The van der Waals surface area contributed by atoms with E-state index in [-0.39, 0.29) is 18.1 Å². The number of pyridine rings is 1. The molecule has 0 N–H and O–H groups in total. The van der Waals surface area contributed by atoms with Crippen LogP contribution in [0.25, 0.3) is 16.8 Å². The lowest BCUT2D eigenvalue weighted by molar-refractivity contribution is -0.127. The molecule has 5 heterocycles. The predicted molar refractivity (Wildman–Crippen MR) is 132 cm³/mol. The number of carbonyl (C=O) groups is 1. The molecule has 1 fully saturated rings. The van der Waals surface area contributed by atoms with Crippen LogP contribution in [0, 0.1) is 20.8 Å². The highest BCUT2D eigenvalue weighted by atomic mass is 32.1. The molecule has 1 atom stereocenters. The van der Waals surface area contributed by atoms with Crippen molar-refractivity contribution in [3.05, 3.63) is 52.4 Å². The number of piperidine rings is 1. The van der Waals surface area contributed by atoms with Crippen molar-refractivity contribution >= 4 is 22.8 Å². The number of aromatic nitrogens is 7. The number of rotatable bonds is 6. The number of nitrogens with zero attached hydrogens (tertiary/aromatic N) is 8. The molecule has 10 nitrogen and oxygen atoms in total. The molecule has 1 amide bonds. The number of likely N-dealkylation sites (tertiary alicyclic amines) is 1. The normalized spacial score (nSPS) is 15.5. The van der Waals surface area contributed by atoms with Gasteiger partial charge in [0.1, 0.15) is 28.1 Å². The average Bonchev–Trinajstić information content (AvgIpc) is 3.57. The van der Waals surface area contributed by atoms with E-state index in [0.717, 1.165) is 50.9 Å². The Morgan fingerprint density at radius 1 is 1.23 bits per heavy atom. The molecule has 182 valence electrons. The summed E-state index contributed by atoms with van der Waals surface area (Å²) in [5, 5.41) is 23.6. The zero-order chi connectivity index (χ0) is 24.7. The third-order valence-corrected chi connectivity index (χ3v) is 7.45. The van der Waals surface area contributed by atoms with Crippen molar-refractivity contribution in [2.75, 3.05) is 13.1 Å². The van der Waals surface area contributed by atoms with Crippen LogP contribution in [-0.4, -0.2) is 58.7 Å². The lowest BCUT2D eigenvalue weighted by atomic mass is 10.0. The second-order valence-corrected chi connectivity index (χ2v) is 10.1. The molecule has 0 spiro atoms. The van der Waals surface area contributed by atoms with Crippen molar-refractivity contribution in [3.8, 4) is 17.0 Å². The standard InChI is InChI=1S/C24H28N8O2S/c1-6-21(33)30-9-7-19(8-10-30)32-15(3)22(27-29-32)18-11-20(23-14(2)12-25-31(23)13-18)34-16(4)24-28-26-17(5)35-24/h6,11-13,16,19H,1,7-10H2,2-5H3. The third-order valence-electron chi connectivity index (χ3n) is 6.45. The molecule has 1 unspecified atom stereocenters. The molecule has 1 aliphatic rings. The maximum atomic E-state index is 11.9. The first-order valence-electron chi connectivity index (χ1n) is 11.6. The molecule has 1 aliphatic heterocycles. The Morgan fingerprint density at radius 3 is 2.69 bits per heavy atom. The second kappa shape index (κ2) is 9.21. The Morgan fingerprint density at radius 2 is 2.00 bits per heavy atom. The molecular weight excluding hydrogens is 464 g/mol. The van der Waals surface area contributed by atoms with E-state index in [4.69, 9.17) is 4.74 Å². The summed E-state index contributed by atoms with van der Waals surface area (Å²) in [6, 6.07) is 2.19. The minimum absolute atomic E-state index is 0.0206. The summed E-state index contributed by atoms with van der Waals surface area (Å²) < 4.78 is 10.2. The van der Waals surface area contributed by atoms with Crippen LogP contribution in [0.4, 0.5) is 0 Å². The fourth-order valence-corrected chi connectivity index (χ4v) is 5.26. The molecule has 5 rings (SSSR count). The van der Waals surface area contributed by atoms with Gasteiger partial charge in [-0.25, -0.2) is 9.20 Å². The highest BCUT2D eigenvalue weighted by molar-refractivity contribution is 7.11. The molecular formula is C24H28N8O2S.